The molecule has 17 heavy (non-hydrogen) atoms. The van der Waals surface area contributed by atoms with Gasteiger partial charge in [-0.3, -0.25) is 5.84 Å². The first-order valence-corrected chi connectivity index (χ1v) is 6.15. The highest BCUT2D eigenvalue weighted by Crippen LogP contribution is 2.22. The SMILES string of the molecule is CCCn1ccnc1C(NN)C(OC)C(C)C. The fourth-order valence-electron chi connectivity index (χ4n) is 2.14. The first-order valence-electron chi connectivity index (χ1n) is 6.15. The third-order valence-corrected chi connectivity index (χ3v) is 2.93. The van der Waals surface area contributed by atoms with Crippen molar-refractivity contribution in [2.45, 2.75) is 45.9 Å². The molecule has 5 heteroatoms. The van der Waals surface area contributed by atoms with Gasteiger partial charge in [0.1, 0.15) is 11.9 Å². The van der Waals surface area contributed by atoms with Crippen LogP contribution in [0.1, 0.15) is 39.1 Å². The molecule has 1 aromatic heterocycles. The molecule has 5 nitrogen and oxygen atoms in total. The smallest absolute Gasteiger partial charge is 0.129 e. The lowest BCUT2D eigenvalue weighted by Gasteiger charge is -2.28. The van der Waals surface area contributed by atoms with Gasteiger partial charge in [-0.2, -0.15) is 0 Å². The number of hydrazine groups is 1. The molecule has 3 N–H and O–H groups in total. The lowest BCUT2D eigenvalue weighted by molar-refractivity contribution is 0.0291. The number of methoxy groups -OCH3 is 1. The van der Waals surface area contributed by atoms with E-state index in [9.17, 15) is 0 Å². The Morgan fingerprint density at radius 3 is 2.71 bits per heavy atom. The Morgan fingerprint density at radius 2 is 2.24 bits per heavy atom. The third-order valence-electron chi connectivity index (χ3n) is 2.93. The zero-order valence-electron chi connectivity index (χ0n) is 11.2. The molecule has 2 atom stereocenters. The van der Waals surface area contributed by atoms with Crippen LogP contribution in [-0.2, 0) is 11.3 Å². The molecule has 1 aromatic rings. The molecule has 0 aliphatic heterocycles. The molecular formula is C12H24N4O. The van der Waals surface area contributed by atoms with Crippen molar-refractivity contribution >= 4 is 0 Å². The number of ether oxygens (including phenoxy) is 1. The summed E-state index contributed by atoms with van der Waals surface area (Å²) in [4.78, 5) is 4.40. The number of aryl methyl sites for hydroxylation is 1. The number of nitrogens with one attached hydrogen (secondary N) is 1. The summed E-state index contributed by atoms with van der Waals surface area (Å²) in [5, 5.41) is 0. The molecule has 0 bridgehead atoms. The van der Waals surface area contributed by atoms with E-state index in [-0.39, 0.29) is 12.1 Å². The first kappa shape index (κ1) is 14.2. The van der Waals surface area contributed by atoms with Crippen LogP contribution in [-0.4, -0.2) is 22.8 Å². The maximum absolute atomic E-state index is 5.66. The zero-order chi connectivity index (χ0) is 12.8. The summed E-state index contributed by atoms with van der Waals surface area (Å²) in [7, 11) is 1.71. The van der Waals surface area contributed by atoms with Crippen LogP contribution in [0, 0.1) is 5.92 Å². The number of aromatic nitrogens is 2. The molecule has 0 aromatic carbocycles. The Bertz CT molecular complexity index is 324. The van der Waals surface area contributed by atoms with Gasteiger partial charge >= 0.3 is 0 Å². The van der Waals surface area contributed by atoms with Gasteiger partial charge in [-0.05, 0) is 12.3 Å². The highest BCUT2D eigenvalue weighted by atomic mass is 16.5. The lowest BCUT2D eigenvalue weighted by atomic mass is 9.99. The Morgan fingerprint density at radius 1 is 1.53 bits per heavy atom. The topological polar surface area (TPSA) is 65.1 Å². The van der Waals surface area contributed by atoms with Crippen LogP contribution in [0.5, 0.6) is 0 Å². The molecule has 0 amide bonds. The molecule has 0 spiro atoms. The van der Waals surface area contributed by atoms with Crippen molar-refractivity contribution in [2.75, 3.05) is 7.11 Å². The van der Waals surface area contributed by atoms with Gasteiger partial charge in [0.25, 0.3) is 0 Å². The summed E-state index contributed by atoms with van der Waals surface area (Å²) in [6, 6.07) is -0.0819. The molecule has 2 unspecified atom stereocenters. The summed E-state index contributed by atoms with van der Waals surface area (Å²) in [5.74, 6) is 6.97. The fourth-order valence-corrected chi connectivity index (χ4v) is 2.14. The number of nitrogens with zero attached hydrogens (tertiary/aromatic N) is 2. The van der Waals surface area contributed by atoms with Gasteiger partial charge in [-0.15, -0.1) is 0 Å². The Balaban J connectivity index is 2.95. The second-order valence-electron chi connectivity index (χ2n) is 4.57. The highest BCUT2D eigenvalue weighted by Gasteiger charge is 2.28. The van der Waals surface area contributed by atoms with E-state index in [2.05, 4.69) is 35.7 Å². The molecule has 0 radical (unpaired) electrons. The summed E-state index contributed by atoms with van der Waals surface area (Å²) in [6.45, 7) is 7.32. The van der Waals surface area contributed by atoms with Gasteiger partial charge in [-0.1, -0.05) is 20.8 Å². The molecule has 0 aliphatic rings. The molecule has 0 aliphatic carbocycles. The molecule has 1 heterocycles. The molecule has 0 fully saturated rings. The minimum Gasteiger partial charge on any atom is -0.379 e. The van der Waals surface area contributed by atoms with Crippen LogP contribution in [0.4, 0.5) is 0 Å². The van der Waals surface area contributed by atoms with E-state index in [0.717, 1.165) is 18.8 Å². The van der Waals surface area contributed by atoms with Gasteiger partial charge < -0.3 is 9.30 Å². The molecule has 0 saturated heterocycles. The molecule has 0 saturated carbocycles. The van der Waals surface area contributed by atoms with Crippen molar-refractivity contribution < 1.29 is 4.74 Å². The quantitative estimate of drug-likeness (QED) is 0.559. The largest absolute Gasteiger partial charge is 0.379 e. The molecule has 1 rings (SSSR count). The number of hydrogen-bond donors (Lipinski definition) is 2. The van der Waals surface area contributed by atoms with Crippen LogP contribution in [0.15, 0.2) is 12.4 Å². The van der Waals surface area contributed by atoms with Gasteiger partial charge in [0.05, 0.1) is 6.10 Å². The van der Waals surface area contributed by atoms with E-state index in [1.54, 1.807) is 7.11 Å². The number of hydrogen-bond acceptors (Lipinski definition) is 4. The van der Waals surface area contributed by atoms with Gasteiger partial charge in [-0.25, -0.2) is 10.4 Å². The Hall–Kier alpha value is -0.910. The van der Waals surface area contributed by atoms with Crippen LogP contribution >= 0.6 is 0 Å². The third kappa shape index (κ3) is 3.28. The Labute approximate surface area is 103 Å². The van der Waals surface area contributed by atoms with Gasteiger partial charge in [0.15, 0.2) is 0 Å². The van der Waals surface area contributed by atoms with E-state index >= 15 is 0 Å². The monoisotopic (exact) mass is 240 g/mol. The van der Waals surface area contributed by atoms with Crippen molar-refractivity contribution in [1.29, 1.82) is 0 Å². The minimum atomic E-state index is -0.0819. The van der Waals surface area contributed by atoms with Crippen molar-refractivity contribution in [1.82, 2.24) is 15.0 Å². The second-order valence-corrected chi connectivity index (χ2v) is 4.57. The summed E-state index contributed by atoms with van der Waals surface area (Å²) < 4.78 is 7.65. The molecular weight excluding hydrogens is 216 g/mol. The summed E-state index contributed by atoms with van der Waals surface area (Å²) >= 11 is 0. The number of rotatable bonds is 7. The van der Waals surface area contributed by atoms with Crippen molar-refractivity contribution in [3.63, 3.8) is 0 Å². The van der Waals surface area contributed by atoms with E-state index in [0.29, 0.717) is 5.92 Å². The standard InChI is InChI=1S/C12H24N4O/c1-5-7-16-8-6-14-12(16)10(15-13)11(17-4)9(2)3/h6,8-11,15H,5,7,13H2,1-4H3. The van der Waals surface area contributed by atoms with Crippen molar-refractivity contribution in [2.24, 2.45) is 11.8 Å². The maximum atomic E-state index is 5.66. The van der Waals surface area contributed by atoms with Crippen LogP contribution in [0.25, 0.3) is 0 Å². The van der Waals surface area contributed by atoms with Gasteiger partial charge in [0, 0.05) is 26.0 Å². The van der Waals surface area contributed by atoms with E-state index < -0.39 is 0 Å². The maximum Gasteiger partial charge on any atom is 0.129 e. The highest BCUT2D eigenvalue weighted by molar-refractivity contribution is 5.02. The second kappa shape index (κ2) is 6.74. The summed E-state index contributed by atoms with van der Waals surface area (Å²) in [6.07, 6.45) is 4.87. The van der Waals surface area contributed by atoms with Crippen molar-refractivity contribution in [3.8, 4) is 0 Å². The lowest BCUT2D eigenvalue weighted by Crippen LogP contribution is -2.41. The number of nitrogens with two attached hydrogens (primary N) is 1. The predicted molar refractivity (Wildman–Crippen MR) is 68.2 cm³/mol. The first-order chi connectivity index (χ1) is 8.15. The van der Waals surface area contributed by atoms with Crippen LogP contribution in [0.3, 0.4) is 0 Å². The fraction of sp³-hybridized carbons (Fsp3) is 0.750. The Kier molecular flexibility index (Phi) is 5.61. The average molecular weight is 240 g/mol. The van der Waals surface area contributed by atoms with E-state index in [4.69, 9.17) is 10.6 Å². The normalized spacial score (nSPS) is 15.2. The van der Waals surface area contributed by atoms with E-state index in [1.165, 1.54) is 0 Å². The molecule has 98 valence electrons. The summed E-state index contributed by atoms with van der Waals surface area (Å²) in [5.41, 5.74) is 2.83. The zero-order valence-corrected chi connectivity index (χ0v) is 11.2. The van der Waals surface area contributed by atoms with Crippen molar-refractivity contribution in [3.05, 3.63) is 18.2 Å². The predicted octanol–water partition coefficient (Wildman–Crippen LogP) is 1.47. The van der Waals surface area contributed by atoms with E-state index in [1.807, 2.05) is 12.4 Å². The number of imidazole rings is 1. The minimum absolute atomic E-state index is 0.0120. The average Bonchev–Trinajstić information content (AvgIpc) is 2.73. The van der Waals surface area contributed by atoms with Gasteiger partial charge in [0.2, 0.25) is 0 Å². The van der Waals surface area contributed by atoms with Crippen LogP contribution in [0.2, 0.25) is 0 Å². The van der Waals surface area contributed by atoms with Crippen LogP contribution < -0.4 is 11.3 Å².